The van der Waals surface area contributed by atoms with Crippen molar-refractivity contribution < 1.29 is 14.3 Å². The molecule has 3 aromatic rings. The Bertz CT molecular complexity index is 938. The topological polar surface area (TPSA) is 59.9 Å². The molecule has 6 heteroatoms. The molecule has 3 aromatic carbocycles. The van der Waals surface area contributed by atoms with Gasteiger partial charge in [-0.05, 0) is 54.6 Å². The number of halogens is 1. The number of amides is 1. The van der Waals surface area contributed by atoms with Gasteiger partial charge in [-0.3, -0.25) is 4.79 Å². The summed E-state index contributed by atoms with van der Waals surface area (Å²) in [5.74, 6) is 1.73. The highest BCUT2D eigenvalue weighted by Gasteiger charge is 2.05. The molecular formula is C21H17ClN2O3. The first-order valence-electron chi connectivity index (χ1n) is 8.15. The van der Waals surface area contributed by atoms with Crippen LogP contribution >= 0.6 is 11.6 Å². The number of hydrogen-bond donors (Lipinski definition) is 1. The number of methoxy groups -OCH3 is 1. The molecule has 0 atom stereocenters. The van der Waals surface area contributed by atoms with Crippen LogP contribution in [0, 0.1) is 0 Å². The van der Waals surface area contributed by atoms with E-state index in [-0.39, 0.29) is 5.91 Å². The molecule has 0 aromatic heterocycles. The molecule has 27 heavy (non-hydrogen) atoms. The smallest absolute Gasteiger partial charge is 0.271 e. The van der Waals surface area contributed by atoms with Crippen molar-refractivity contribution in [3.05, 3.63) is 88.9 Å². The maximum Gasteiger partial charge on any atom is 0.271 e. The Balaban J connectivity index is 1.59. The minimum absolute atomic E-state index is 0.325. The molecule has 0 spiro atoms. The molecule has 3 rings (SSSR count). The molecular weight excluding hydrogens is 364 g/mol. The van der Waals surface area contributed by atoms with Gasteiger partial charge in [-0.15, -0.1) is 0 Å². The summed E-state index contributed by atoms with van der Waals surface area (Å²) in [6, 6.07) is 21.3. The molecule has 0 saturated carbocycles. The highest BCUT2D eigenvalue weighted by Crippen LogP contribution is 2.24. The Kier molecular flexibility index (Phi) is 6.07. The van der Waals surface area contributed by atoms with Crippen LogP contribution in [-0.4, -0.2) is 19.2 Å². The fraction of sp³-hybridized carbons (Fsp3) is 0.0476. The van der Waals surface area contributed by atoms with Crippen molar-refractivity contribution in [1.29, 1.82) is 0 Å². The summed E-state index contributed by atoms with van der Waals surface area (Å²) < 4.78 is 10.8. The third kappa shape index (κ3) is 5.09. The Morgan fingerprint density at radius 3 is 2.15 bits per heavy atom. The maximum absolute atomic E-state index is 12.1. The van der Waals surface area contributed by atoms with Gasteiger partial charge in [-0.25, -0.2) is 5.43 Å². The van der Waals surface area contributed by atoms with Crippen LogP contribution in [0.2, 0.25) is 5.02 Å². The van der Waals surface area contributed by atoms with Crippen molar-refractivity contribution in [2.24, 2.45) is 5.10 Å². The van der Waals surface area contributed by atoms with E-state index in [0.717, 1.165) is 11.3 Å². The molecule has 0 aliphatic heterocycles. The number of nitrogens with zero attached hydrogens (tertiary/aromatic N) is 1. The number of ether oxygens (including phenoxy) is 2. The van der Waals surface area contributed by atoms with Gasteiger partial charge in [0.15, 0.2) is 0 Å². The number of carbonyl (C=O) groups is 1. The van der Waals surface area contributed by atoms with Crippen LogP contribution in [0.25, 0.3) is 0 Å². The van der Waals surface area contributed by atoms with Crippen LogP contribution in [0.15, 0.2) is 77.9 Å². The lowest BCUT2D eigenvalue weighted by molar-refractivity contribution is 0.0955. The second-order valence-corrected chi connectivity index (χ2v) is 5.93. The summed E-state index contributed by atoms with van der Waals surface area (Å²) in [5, 5.41) is 4.50. The highest BCUT2D eigenvalue weighted by atomic mass is 35.5. The zero-order valence-corrected chi connectivity index (χ0v) is 15.3. The molecule has 0 heterocycles. The zero-order valence-electron chi connectivity index (χ0n) is 14.6. The van der Waals surface area contributed by atoms with Gasteiger partial charge in [0.05, 0.1) is 13.3 Å². The third-order valence-electron chi connectivity index (χ3n) is 3.69. The molecule has 1 N–H and O–H groups in total. The summed E-state index contributed by atoms with van der Waals surface area (Å²) in [6.07, 6.45) is 1.50. The average Bonchev–Trinajstić information content (AvgIpc) is 2.70. The van der Waals surface area contributed by atoms with Crippen molar-refractivity contribution in [3.8, 4) is 17.2 Å². The molecule has 0 unspecified atom stereocenters. The second-order valence-electron chi connectivity index (χ2n) is 5.52. The largest absolute Gasteiger partial charge is 0.497 e. The SMILES string of the molecule is COc1ccc(Oc2ccc(C(=O)N/N=C\c3ccccc3Cl)cc2)cc1. The summed E-state index contributed by atoms with van der Waals surface area (Å²) in [6.45, 7) is 0. The van der Waals surface area contributed by atoms with E-state index in [2.05, 4.69) is 10.5 Å². The quantitative estimate of drug-likeness (QED) is 0.488. The molecule has 5 nitrogen and oxygen atoms in total. The molecule has 136 valence electrons. The number of nitrogens with one attached hydrogen (secondary N) is 1. The van der Waals surface area contributed by atoms with E-state index in [0.29, 0.717) is 22.1 Å². The van der Waals surface area contributed by atoms with E-state index in [9.17, 15) is 4.79 Å². The monoisotopic (exact) mass is 380 g/mol. The molecule has 0 radical (unpaired) electrons. The van der Waals surface area contributed by atoms with Crippen molar-refractivity contribution in [3.63, 3.8) is 0 Å². The first-order chi connectivity index (χ1) is 13.2. The van der Waals surface area contributed by atoms with Gasteiger partial charge in [-0.1, -0.05) is 29.8 Å². The van der Waals surface area contributed by atoms with Crippen molar-refractivity contribution in [1.82, 2.24) is 5.43 Å². The Morgan fingerprint density at radius 1 is 0.926 bits per heavy atom. The Morgan fingerprint density at radius 2 is 1.52 bits per heavy atom. The summed E-state index contributed by atoms with van der Waals surface area (Å²) in [4.78, 5) is 12.1. The number of hydrogen-bond acceptors (Lipinski definition) is 4. The third-order valence-corrected chi connectivity index (χ3v) is 4.03. The van der Waals surface area contributed by atoms with Crippen LogP contribution in [0.1, 0.15) is 15.9 Å². The van der Waals surface area contributed by atoms with Gasteiger partial charge in [0.1, 0.15) is 17.2 Å². The van der Waals surface area contributed by atoms with Crippen LogP contribution in [0.5, 0.6) is 17.2 Å². The zero-order chi connectivity index (χ0) is 19.1. The lowest BCUT2D eigenvalue weighted by Gasteiger charge is -2.07. The van der Waals surface area contributed by atoms with Crippen LogP contribution in [0.4, 0.5) is 0 Å². The molecule has 1 amide bonds. The predicted octanol–water partition coefficient (Wildman–Crippen LogP) is 4.90. The van der Waals surface area contributed by atoms with Gasteiger partial charge < -0.3 is 9.47 Å². The van der Waals surface area contributed by atoms with E-state index in [1.54, 1.807) is 37.4 Å². The van der Waals surface area contributed by atoms with Gasteiger partial charge in [0.25, 0.3) is 5.91 Å². The molecule has 0 aliphatic carbocycles. The summed E-state index contributed by atoms with van der Waals surface area (Å²) in [5.41, 5.74) is 3.66. The van der Waals surface area contributed by atoms with E-state index in [4.69, 9.17) is 21.1 Å². The van der Waals surface area contributed by atoms with Crippen LogP contribution < -0.4 is 14.9 Å². The van der Waals surface area contributed by atoms with Gasteiger partial charge >= 0.3 is 0 Å². The summed E-state index contributed by atoms with van der Waals surface area (Å²) in [7, 11) is 1.61. The minimum atomic E-state index is -0.325. The number of hydrazone groups is 1. The fourth-order valence-electron chi connectivity index (χ4n) is 2.26. The molecule has 0 bridgehead atoms. The number of carbonyl (C=O) groups excluding carboxylic acids is 1. The average molecular weight is 381 g/mol. The lowest BCUT2D eigenvalue weighted by Crippen LogP contribution is -2.17. The predicted molar refractivity (Wildman–Crippen MR) is 106 cm³/mol. The van der Waals surface area contributed by atoms with Crippen LogP contribution in [-0.2, 0) is 0 Å². The Labute approximate surface area is 162 Å². The van der Waals surface area contributed by atoms with Crippen molar-refractivity contribution >= 4 is 23.7 Å². The molecule has 0 aliphatic rings. The first kappa shape index (κ1) is 18.5. The van der Waals surface area contributed by atoms with Gasteiger partial charge in [0, 0.05) is 16.1 Å². The van der Waals surface area contributed by atoms with Crippen molar-refractivity contribution in [2.45, 2.75) is 0 Å². The van der Waals surface area contributed by atoms with E-state index in [1.807, 2.05) is 42.5 Å². The second kappa shape index (κ2) is 8.87. The highest BCUT2D eigenvalue weighted by molar-refractivity contribution is 6.33. The van der Waals surface area contributed by atoms with Gasteiger partial charge in [-0.2, -0.15) is 5.10 Å². The van der Waals surface area contributed by atoms with Gasteiger partial charge in [0.2, 0.25) is 0 Å². The van der Waals surface area contributed by atoms with Crippen molar-refractivity contribution in [2.75, 3.05) is 7.11 Å². The minimum Gasteiger partial charge on any atom is -0.497 e. The number of rotatable bonds is 6. The standard InChI is InChI=1S/C21H17ClN2O3/c1-26-17-10-12-19(13-11-17)27-18-8-6-15(7-9-18)21(25)24-23-14-16-4-2-3-5-20(16)22/h2-14H,1H3,(H,24,25)/b23-14-. The molecule has 0 fully saturated rings. The fourth-order valence-corrected chi connectivity index (χ4v) is 2.44. The number of benzene rings is 3. The Hall–Kier alpha value is -3.31. The normalized spacial score (nSPS) is 10.6. The lowest BCUT2D eigenvalue weighted by atomic mass is 10.2. The van der Waals surface area contributed by atoms with E-state index >= 15 is 0 Å². The van der Waals surface area contributed by atoms with E-state index in [1.165, 1.54) is 6.21 Å². The first-order valence-corrected chi connectivity index (χ1v) is 8.53. The maximum atomic E-state index is 12.1. The summed E-state index contributed by atoms with van der Waals surface area (Å²) >= 11 is 6.03. The van der Waals surface area contributed by atoms with E-state index < -0.39 is 0 Å². The molecule has 0 saturated heterocycles. The van der Waals surface area contributed by atoms with Crippen LogP contribution in [0.3, 0.4) is 0 Å².